The van der Waals surface area contributed by atoms with Crippen LogP contribution in [0.15, 0.2) is 23.5 Å². The maximum atomic E-state index is 4.47. The number of guanidine groups is 1. The predicted octanol–water partition coefficient (Wildman–Crippen LogP) is 3.20. The third kappa shape index (κ3) is 6.14. The minimum absolute atomic E-state index is 0. The molecule has 2 heterocycles. The fraction of sp³-hybridized carbons (Fsp3) is 0.647. The summed E-state index contributed by atoms with van der Waals surface area (Å²) in [4.78, 5) is 11.0. The number of hydrogen-bond acceptors (Lipinski definition) is 3. The number of pyridine rings is 1. The topological polar surface area (TPSA) is 40.5 Å². The summed E-state index contributed by atoms with van der Waals surface area (Å²) in [6, 6.07) is 2.10. The van der Waals surface area contributed by atoms with E-state index in [1.54, 1.807) is 0 Å². The van der Waals surface area contributed by atoms with Gasteiger partial charge in [-0.2, -0.15) is 11.8 Å². The van der Waals surface area contributed by atoms with Crippen LogP contribution in [-0.4, -0.2) is 53.5 Å². The first-order valence-electron chi connectivity index (χ1n) is 8.08. The van der Waals surface area contributed by atoms with Crippen LogP contribution in [0, 0.1) is 12.8 Å². The number of hydrogen-bond donors (Lipinski definition) is 1. The number of aromatic nitrogens is 1. The van der Waals surface area contributed by atoms with Gasteiger partial charge in [0.1, 0.15) is 0 Å². The number of aryl methyl sites for hydroxylation is 1. The van der Waals surface area contributed by atoms with Gasteiger partial charge in [0.05, 0.1) is 0 Å². The van der Waals surface area contributed by atoms with Crippen LogP contribution in [0.5, 0.6) is 0 Å². The molecule has 0 saturated carbocycles. The molecular weight excluding hydrogens is 419 g/mol. The number of aliphatic imine (C=N–C) groups is 1. The van der Waals surface area contributed by atoms with E-state index in [0.717, 1.165) is 32.0 Å². The number of nitrogens with zero attached hydrogens (tertiary/aromatic N) is 3. The Morgan fingerprint density at radius 3 is 2.96 bits per heavy atom. The Kier molecular flexibility index (Phi) is 9.27. The molecule has 1 atom stereocenters. The van der Waals surface area contributed by atoms with Crippen molar-refractivity contribution >= 4 is 41.7 Å². The van der Waals surface area contributed by atoms with E-state index in [0.29, 0.717) is 11.2 Å². The first-order chi connectivity index (χ1) is 10.6. The number of rotatable bonds is 4. The van der Waals surface area contributed by atoms with E-state index in [9.17, 15) is 0 Å². The average Bonchev–Trinajstić information content (AvgIpc) is 2.53. The molecule has 130 valence electrons. The Balaban J connectivity index is 0.00000264. The Morgan fingerprint density at radius 2 is 2.30 bits per heavy atom. The average molecular weight is 448 g/mol. The van der Waals surface area contributed by atoms with E-state index in [1.165, 1.54) is 16.9 Å². The monoisotopic (exact) mass is 448 g/mol. The first-order valence-corrected chi connectivity index (χ1v) is 9.13. The maximum absolute atomic E-state index is 4.47. The fourth-order valence-electron chi connectivity index (χ4n) is 2.70. The highest BCUT2D eigenvalue weighted by atomic mass is 127. The Labute approximate surface area is 161 Å². The van der Waals surface area contributed by atoms with E-state index in [2.05, 4.69) is 58.8 Å². The molecule has 1 saturated heterocycles. The lowest BCUT2D eigenvalue weighted by Gasteiger charge is -2.36. The van der Waals surface area contributed by atoms with Gasteiger partial charge in [-0.15, -0.1) is 24.0 Å². The van der Waals surface area contributed by atoms with E-state index in [1.807, 2.05) is 19.4 Å². The molecule has 1 aromatic rings. The summed E-state index contributed by atoms with van der Waals surface area (Å²) in [6.45, 7) is 9.82. The molecule has 1 fully saturated rings. The zero-order valence-electron chi connectivity index (χ0n) is 14.6. The minimum atomic E-state index is 0. The third-order valence-electron chi connectivity index (χ3n) is 4.16. The second-order valence-corrected chi connectivity index (χ2v) is 7.47. The van der Waals surface area contributed by atoms with E-state index in [-0.39, 0.29) is 24.0 Å². The van der Waals surface area contributed by atoms with Gasteiger partial charge < -0.3 is 10.2 Å². The van der Waals surface area contributed by atoms with Crippen LogP contribution in [0.1, 0.15) is 25.0 Å². The molecule has 2 rings (SSSR count). The number of nitrogens with one attached hydrogen (secondary N) is 1. The summed E-state index contributed by atoms with van der Waals surface area (Å²) in [5, 5.41) is 4.22. The van der Waals surface area contributed by atoms with Crippen LogP contribution >= 0.6 is 35.7 Å². The van der Waals surface area contributed by atoms with Gasteiger partial charge in [0.15, 0.2) is 5.96 Å². The Hall–Kier alpha value is -0.500. The zero-order valence-corrected chi connectivity index (χ0v) is 17.7. The van der Waals surface area contributed by atoms with Crippen molar-refractivity contribution in [3.8, 4) is 0 Å². The van der Waals surface area contributed by atoms with E-state index < -0.39 is 0 Å². The van der Waals surface area contributed by atoms with Gasteiger partial charge in [-0.3, -0.25) is 9.98 Å². The van der Waals surface area contributed by atoms with Crippen LogP contribution in [0.4, 0.5) is 0 Å². The van der Waals surface area contributed by atoms with Crippen LogP contribution in [0.3, 0.4) is 0 Å². The van der Waals surface area contributed by atoms with Crippen LogP contribution in [0.2, 0.25) is 0 Å². The summed E-state index contributed by atoms with van der Waals surface area (Å²) in [5.41, 5.74) is 2.61. The highest BCUT2D eigenvalue weighted by molar-refractivity contribution is 14.0. The van der Waals surface area contributed by atoms with Crippen molar-refractivity contribution in [3.63, 3.8) is 0 Å². The van der Waals surface area contributed by atoms with Gasteiger partial charge in [-0.05, 0) is 36.5 Å². The van der Waals surface area contributed by atoms with Crippen molar-refractivity contribution in [1.29, 1.82) is 0 Å². The normalized spacial score (nSPS) is 18.7. The third-order valence-corrected chi connectivity index (χ3v) is 5.70. The first kappa shape index (κ1) is 20.5. The molecule has 0 spiro atoms. The molecule has 23 heavy (non-hydrogen) atoms. The zero-order chi connectivity index (χ0) is 15.9. The summed E-state index contributed by atoms with van der Waals surface area (Å²) in [7, 11) is 1.88. The Morgan fingerprint density at radius 1 is 1.52 bits per heavy atom. The second-order valence-electron chi connectivity index (χ2n) is 6.13. The molecule has 1 aliphatic heterocycles. The summed E-state index contributed by atoms with van der Waals surface area (Å²) >= 11 is 2.09. The van der Waals surface area contributed by atoms with Crippen molar-refractivity contribution in [1.82, 2.24) is 15.2 Å². The standard InChI is InChI=1S/C17H28N4S.HI/c1-13(2)16-12-21(9-10-22-16)17(18-4)20-8-6-15-5-7-19-11-14(15)3;/h5,7,11,13,16H,6,8-10,12H2,1-4H3,(H,18,20);1H. The van der Waals surface area contributed by atoms with Gasteiger partial charge in [-0.1, -0.05) is 13.8 Å². The minimum Gasteiger partial charge on any atom is -0.356 e. The van der Waals surface area contributed by atoms with Crippen LogP contribution < -0.4 is 5.32 Å². The highest BCUT2D eigenvalue weighted by Gasteiger charge is 2.24. The molecule has 1 N–H and O–H groups in total. The number of thioether (sulfide) groups is 1. The summed E-state index contributed by atoms with van der Waals surface area (Å²) in [6.07, 6.45) is 4.80. The van der Waals surface area contributed by atoms with Crippen molar-refractivity contribution < 1.29 is 0 Å². The molecular formula is C17H29IN4S. The second kappa shape index (κ2) is 10.4. The molecule has 1 aromatic heterocycles. The van der Waals surface area contributed by atoms with E-state index in [4.69, 9.17) is 0 Å². The largest absolute Gasteiger partial charge is 0.356 e. The summed E-state index contributed by atoms with van der Waals surface area (Å²) in [5.74, 6) is 2.94. The smallest absolute Gasteiger partial charge is 0.193 e. The van der Waals surface area contributed by atoms with Crippen molar-refractivity contribution in [2.24, 2.45) is 10.9 Å². The molecule has 6 heteroatoms. The van der Waals surface area contributed by atoms with Crippen molar-refractivity contribution in [2.45, 2.75) is 32.4 Å². The van der Waals surface area contributed by atoms with Gasteiger partial charge in [0.2, 0.25) is 0 Å². The van der Waals surface area contributed by atoms with Crippen LogP contribution in [0.25, 0.3) is 0 Å². The molecule has 1 unspecified atom stereocenters. The summed E-state index contributed by atoms with van der Waals surface area (Å²) < 4.78 is 0. The van der Waals surface area contributed by atoms with Crippen LogP contribution in [-0.2, 0) is 6.42 Å². The number of halogens is 1. The van der Waals surface area contributed by atoms with E-state index >= 15 is 0 Å². The van der Waals surface area contributed by atoms with Gasteiger partial charge in [0, 0.05) is 50.1 Å². The Bertz CT molecular complexity index is 507. The molecule has 0 aliphatic carbocycles. The lowest BCUT2D eigenvalue weighted by molar-refractivity contribution is 0.381. The molecule has 0 radical (unpaired) electrons. The SMILES string of the molecule is CN=C(NCCc1ccncc1C)N1CCSC(C(C)C)C1.I. The van der Waals surface area contributed by atoms with Gasteiger partial charge in [-0.25, -0.2) is 0 Å². The quantitative estimate of drug-likeness (QED) is 0.437. The molecule has 4 nitrogen and oxygen atoms in total. The lowest BCUT2D eigenvalue weighted by atomic mass is 10.1. The van der Waals surface area contributed by atoms with Crippen molar-refractivity contribution in [3.05, 3.63) is 29.6 Å². The molecule has 0 bridgehead atoms. The molecule has 1 aliphatic rings. The molecule has 0 aromatic carbocycles. The van der Waals surface area contributed by atoms with Gasteiger partial charge >= 0.3 is 0 Å². The molecule has 0 amide bonds. The maximum Gasteiger partial charge on any atom is 0.193 e. The fourth-order valence-corrected chi connectivity index (χ4v) is 3.99. The predicted molar refractivity (Wildman–Crippen MR) is 112 cm³/mol. The lowest BCUT2D eigenvalue weighted by Crippen LogP contribution is -2.49. The van der Waals surface area contributed by atoms with Gasteiger partial charge in [0.25, 0.3) is 0 Å². The highest BCUT2D eigenvalue weighted by Crippen LogP contribution is 2.24. The van der Waals surface area contributed by atoms with Crippen molar-refractivity contribution in [2.75, 3.05) is 32.4 Å².